The lowest BCUT2D eigenvalue weighted by Gasteiger charge is -2.22. The highest BCUT2D eigenvalue weighted by molar-refractivity contribution is 7.08. The molecular weight excluding hydrogens is 294 g/mol. The van der Waals surface area contributed by atoms with Crippen molar-refractivity contribution >= 4 is 11.3 Å². The van der Waals surface area contributed by atoms with Crippen molar-refractivity contribution in [2.45, 2.75) is 25.4 Å². The second-order valence-corrected chi connectivity index (χ2v) is 6.34. The van der Waals surface area contributed by atoms with Crippen molar-refractivity contribution in [3.63, 3.8) is 0 Å². The van der Waals surface area contributed by atoms with Gasteiger partial charge in [-0.2, -0.15) is 16.3 Å². The standard InChI is InChI=1S/C17H17N3OS/c1-2-5-13(6-3-1)15-7-4-9-20(15)11-16-18-17(19-21-16)14-8-10-22-12-14/h1-3,5-6,8,10,12,15H,4,7,9,11H2. The molecule has 3 aromatic rings. The Morgan fingerprint density at radius 1 is 1.23 bits per heavy atom. The largest absolute Gasteiger partial charge is 0.338 e. The van der Waals surface area contributed by atoms with Crippen molar-refractivity contribution in [1.82, 2.24) is 15.0 Å². The summed E-state index contributed by atoms with van der Waals surface area (Å²) in [6.07, 6.45) is 2.40. The molecule has 5 heteroatoms. The minimum absolute atomic E-state index is 0.456. The van der Waals surface area contributed by atoms with Crippen LogP contribution in [0.1, 0.15) is 30.3 Å². The maximum Gasteiger partial charge on any atom is 0.241 e. The lowest BCUT2D eigenvalue weighted by molar-refractivity contribution is 0.212. The molecule has 1 aliphatic rings. The molecular formula is C17H17N3OS. The van der Waals surface area contributed by atoms with E-state index in [4.69, 9.17) is 4.52 Å². The molecule has 1 fully saturated rings. The van der Waals surface area contributed by atoms with Gasteiger partial charge in [0.05, 0.1) is 6.54 Å². The number of likely N-dealkylation sites (tertiary alicyclic amines) is 1. The van der Waals surface area contributed by atoms with E-state index in [9.17, 15) is 0 Å². The van der Waals surface area contributed by atoms with Gasteiger partial charge in [0.2, 0.25) is 11.7 Å². The van der Waals surface area contributed by atoms with Crippen LogP contribution in [-0.4, -0.2) is 21.6 Å². The second kappa shape index (κ2) is 6.02. The van der Waals surface area contributed by atoms with Crippen LogP contribution in [0, 0.1) is 0 Å². The van der Waals surface area contributed by atoms with Crippen molar-refractivity contribution < 1.29 is 4.52 Å². The molecule has 0 N–H and O–H groups in total. The van der Waals surface area contributed by atoms with Crippen LogP contribution in [0.3, 0.4) is 0 Å². The van der Waals surface area contributed by atoms with Gasteiger partial charge in [0, 0.05) is 17.0 Å². The van der Waals surface area contributed by atoms with Crippen LogP contribution >= 0.6 is 11.3 Å². The van der Waals surface area contributed by atoms with Gasteiger partial charge in [-0.15, -0.1) is 0 Å². The lowest BCUT2D eigenvalue weighted by Crippen LogP contribution is -2.22. The number of benzene rings is 1. The molecule has 112 valence electrons. The van der Waals surface area contributed by atoms with E-state index in [1.807, 2.05) is 16.8 Å². The summed E-state index contributed by atoms with van der Waals surface area (Å²) in [5, 5.41) is 8.16. The Bertz CT molecular complexity index is 723. The van der Waals surface area contributed by atoms with Crippen LogP contribution in [0.2, 0.25) is 0 Å². The van der Waals surface area contributed by atoms with Crippen LogP contribution in [0.15, 0.2) is 51.7 Å². The fourth-order valence-corrected chi connectivity index (χ4v) is 3.70. The van der Waals surface area contributed by atoms with Gasteiger partial charge >= 0.3 is 0 Å². The zero-order valence-corrected chi connectivity index (χ0v) is 13.0. The molecule has 0 spiro atoms. The zero-order valence-electron chi connectivity index (χ0n) is 12.2. The van der Waals surface area contributed by atoms with Crippen molar-refractivity contribution in [3.05, 3.63) is 58.6 Å². The number of hydrogen-bond acceptors (Lipinski definition) is 5. The SMILES string of the molecule is c1ccc(C2CCCN2Cc2nc(-c3ccsc3)no2)cc1. The normalized spacial score (nSPS) is 18.8. The van der Waals surface area contributed by atoms with E-state index < -0.39 is 0 Å². The Hall–Kier alpha value is -1.98. The summed E-state index contributed by atoms with van der Waals surface area (Å²) in [5.74, 6) is 1.38. The Labute approximate surface area is 133 Å². The topological polar surface area (TPSA) is 42.2 Å². The number of aromatic nitrogens is 2. The first-order valence-electron chi connectivity index (χ1n) is 7.54. The highest BCUT2D eigenvalue weighted by atomic mass is 32.1. The number of hydrogen-bond donors (Lipinski definition) is 0. The fraction of sp³-hybridized carbons (Fsp3) is 0.294. The van der Waals surface area contributed by atoms with E-state index in [0.29, 0.717) is 17.8 Å². The summed E-state index contributed by atoms with van der Waals surface area (Å²) in [6.45, 7) is 1.80. The van der Waals surface area contributed by atoms with Crippen LogP contribution in [0.5, 0.6) is 0 Å². The maximum atomic E-state index is 5.44. The average Bonchev–Trinajstić information content (AvgIpc) is 3.30. The van der Waals surface area contributed by atoms with Crippen LogP contribution in [-0.2, 0) is 6.54 Å². The van der Waals surface area contributed by atoms with Crippen molar-refractivity contribution in [2.24, 2.45) is 0 Å². The summed E-state index contributed by atoms with van der Waals surface area (Å²) in [4.78, 5) is 6.96. The first kappa shape index (κ1) is 13.7. The third-order valence-electron chi connectivity index (χ3n) is 4.13. The van der Waals surface area contributed by atoms with Crippen LogP contribution in [0.25, 0.3) is 11.4 Å². The van der Waals surface area contributed by atoms with E-state index in [2.05, 4.69) is 45.4 Å². The number of thiophene rings is 1. The fourth-order valence-electron chi connectivity index (χ4n) is 3.07. The van der Waals surface area contributed by atoms with Gasteiger partial charge in [-0.25, -0.2) is 0 Å². The van der Waals surface area contributed by atoms with Gasteiger partial charge in [-0.3, -0.25) is 4.90 Å². The van der Waals surface area contributed by atoms with Crippen LogP contribution in [0.4, 0.5) is 0 Å². The smallest absolute Gasteiger partial charge is 0.241 e. The Balaban J connectivity index is 1.51. The first-order chi connectivity index (χ1) is 10.9. The molecule has 0 radical (unpaired) electrons. The quantitative estimate of drug-likeness (QED) is 0.726. The molecule has 2 aromatic heterocycles. The summed E-state index contributed by atoms with van der Waals surface area (Å²) in [5.41, 5.74) is 2.40. The molecule has 3 heterocycles. The van der Waals surface area contributed by atoms with Gasteiger partial charge < -0.3 is 4.52 Å². The molecule has 22 heavy (non-hydrogen) atoms. The Kier molecular flexibility index (Phi) is 3.74. The van der Waals surface area contributed by atoms with Gasteiger partial charge in [-0.05, 0) is 36.4 Å². The molecule has 0 amide bonds. The first-order valence-corrected chi connectivity index (χ1v) is 8.48. The second-order valence-electron chi connectivity index (χ2n) is 5.56. The molecule has 4 nitrogen and oxygen atoms in total. The van der Waals surface area contributed by atoms with Gasteiger partial charge in [0.15, 0.2) is 0 Å². The molecule has 1 atom stereocenters. The molecule has 0 aliphatic carbocycles. The molecule has 1 aliphatic heterocycles. The number of nitrogens with zero attached hydrogens (tertiary/aromatic N) is 3. The monoisotopic (exact) mass is 311 g/mol. The molecule has 0 bridgehead atoms. The van der Waals surface area contributed by atoms with E-state index in [1.165, 1.54) is 18.4 Å². The Morgan fingerprint density at radius 3 is 2.95 bits per heavy atom. The third kappa shape index (κ3) is 2.69. The number of rotatable bonds is 4. The van der Waals surface area contributed by atoms with Gasteiger partial charge in [0.1, 0.15) is 0 Å². The van der Waals surface area contributed by atoms with E-state index in [0.717, 1.165) is 18.7 Å². The summed E-state index contributed by atoms with van der Waals surface area (Å²) < 4.78 is 5.44. The molecule has 0 saturated carbocycles. The zero-order chi connectivity index (χ0) is 14.8. The summed E-state index contributed by atoms with van der Waals surface area (Å²) >= 11 is 1.64. The van der Waals surface area contributed by atoms with Crippen LogP contribution < -0.4 is 0 Å². The predicted molar refractivity (Wildman–Crippen MR) is 86.4 cm³/mol. The highest BCUT2D eigenvalue weighted by Crippen LogP contribution is 2.33. The molecule has 1 aromatic carbocycles. The van der Waals surface area contributed by atoms with E-state index in [-0.39, 0.29) is 0 Å². The highest BCUT2D eigenvalue weighted by Gasteiger charge is 2.27. The molecule has 1 unspecified atom stereocenters. The molecule has 4 rings (SSSR count). The minimum atomic E-state index is 0.456. The Morgan fingerprint density at radius 2 is 2.14 bits per heavy atom. The van der Waals surface area contributed by atoms with Gasteiger partial charge in [-0.1, -0.05) is 35.5 Å². The summed E-state index contributed by atoms with van der Waals surface area (Å²) in [7, 11) is 0. The van der Waals surface area contributed by atoms with Gasteiger partial charge in [0.25, 0.3) is 0 Å². The van der Waals surface area contributed by atoms with E-state index >= 15 is 0 Å². The van der Waals surface area contributed by atoms with E-state index in [1.54, 1.807) is 11.3 Å². The molecule has 1 saturated heterocycles. The lowest BCUT2D eigenvalue weighted by atomic mass is 10.0. The minimum Gasteiger partial charge on any atom is -0.338 e. The van der Waals surface area contributed by atoms with Crippen molar-refractivity contribution in [3.8, 4) is 11.4 Å². The average molecular weight is 311 g/mol. The van der Waals surface area contributed by atoms with Crippen molar-refractivity contribution in [1.29, 1.82) is 0 Å². The predicted octanol–water partition coefficient (Wildman–Crippen LogP) is 4.14. The maximum absolute atomic E-state index is 5.44. The summed E-state index contributed by atoms with van der Waals surface area (Å²) in [6, 6.07) is 13.1. The third-order valence-corrected chi connectivity index (χ3v) is 4.82. The van der Waals surface area contributed by atoms with Crippen molar-refractivity contribution in [2.75, 3.05) is 6.54 Å².